The van der Waals surface area contributed by atoms with Crippen molar-refractivity contribution in [3.63, 3.8) is 0 Å². The van der Waals surface area contributed by atoms with E-state index in [0.29, 0.717) is 38.5 Å². The van der Waals surface area contributed by atoms with Gasteiger partial charge in [-0.25, -0.2) is 0 Å². The molecule has 126 valence electrons. The van der Waals surface area contributed by atoms with Crippen molar-refractivity contribution in [1.82, 2.24) is 4.90 Å². The normalized spacial score (nSPS) is 14.4. The first-order valence-corrected chi connectivity index (χ1v) is 9.09. The highest BCUT2D eigenvalue weighted by Gasteiger charge is 2.18. The number of thioether (sulfide) groups is 1. The summed E-state index contributed by atoms with van der Waals surface area (Å²) in [6.45, 7) is 3.19. The van der Waals surface area contributed by atoms with Crippen LogP contribution in [-0.2, 0) is 4.74 Å². The van der Waals surface area contributed by atoms with Gasteiger partial charge in [0.1, 0.15) is 5.75 Å². The van der Waals surface area contributed by atoms with Gasteiger partial charge in [0.05, 0.1) is 19.8 Å². The van der Waals surface area contributed by atoms with Gasteiger partial charge in [-0.05, 0) is 36.4 Å². The third-order valence-electron chi connectivity index (χ3n) is 3.76. The smallest absolute Gasteiger partial charge is 0.254 e. The van der Waals surface area contributed by atoms with Crippen molar-refractivity contribution >= 4 is 17.7 Å². The summed E-state index contributed by atoms with van der Waals surface area (Å²) in [5.74, 6) is 1.74. The Morgan fingerprint density at radius 1 is 1.04 bits per heavy atom. The van der Waals surface area contributed by atoms with Gasteiger partial charge in [-0.3, -0.25) is 4.79 Å². The van der Waals surface area contributed by atoms with Gasteiger partial charge in [-0.2, -0.15) is 0 Å². The Bertz CT molecular complexity index is 639. The number of carbonyl (C=O) groups is 1. The summed E-state index contributed by atoms with van der Waals surface area (Å²) >= 11 is 1.77. The predicted molar refractivity (Wildman–Crippen MR) is 95.8 cm³/mol. The first-order chi connectivity index (χ1) is 11.8. The monoisotopic (exact) mass is 343 g/mol. The highest BCUT2D eigenvalue weighted by Crippen LogP contribution is 2.18. The molecule has 1 aliphatic heterocycles. The Labute approximate surface area is 146 Å². The summed E-state index contributed by atoms with van der Waals surface area (Å²) in [4.78, 5) is 15.4. The third-order valence-corrected chi connectivity index (χ3v) is 4.74. The second-order valence-corrected chi connectivity index (χ2v) is 6.61. The molecule has 0 unspecified atom stereocenters. The van der Waals surface area contributed by atoms with E-state index in [-0.39, 0.29) is 5.91 Å². The quantitative estimate of drug-likeness (QED) is 0.596. The van der Waals surface area contributed by atoms with Crippen LogP contribution in [0.15, 0.2) is 59.5 Å². The predicted octanol–water partition coefficient (Wildman–Crippen LogP) is 3.33. The first-order valence-electron chi connectivity index (χ1n) is 8.11. The molecule has 1 fully saturated rings. The molecular formula is C19H21NO3S. The average molecular weight is 343 g/mol. The number of rotatable bonds is 6. The lowest BCUT2D eigenvalue weighted by atomic mass is 10.2. The van der Waals surface area contributed by atoms with Gasteiger partial charge in [0.25, 0.3) is 5.91 Å². The maximum atomic E-state index is 12.4. The van der Waals surface area contributed by atoms with Crippen molar-refractivity contribution in [1.29, 1.82) is 0 Å². The largest absolute Gasteiger partial charge is 0.493 e. The molecule has 0 atom stereocenters. The highest BCUT2D eigenvalue weighted by atomic mass is 32.2. The van der Waals surface area contributed by atoms with Crippen LogP contribution in [0.1, 0.15) is 10.4 Å². The lowest BCUT2D eigenvalue weighted by molar-refractivity contribution is 0.0303. The van der Waals surface area contributed by atoms with Gasteiger partial charge in [0.2, 0.25) is 0 Å². The molecule has 0 aromatic heterocycles. The number of hydrogen-bond acceptors (Lipinski definition) is 4. The number of carbonyl (C=O) groups excluding carboxylic acids is 1. The van der Waals surface area contributed by atoms with Gasteiger partial charge >= 0.3 is 0 Å². The Kier molecular flexibility index (Phi) is 6.15. The Hall–Kier alpha value is -1.98. The number of benzene rings is 2. The van der Waals surface area contributed by atoms with E-state index in [1.807, 2.05) is 47.4 Å². The first kappa shape index (κ1) is 16.9. The van der Waals surface area contributed by atoms with Crippen molar-refractivity contribution in [2.75, 3.05) is 38.7 Å². The molecule has 3 rings (SSSR count). The maximum absolute atomic E-state index is 12.4. The molecule has 0 N–H and O–H groups in total. The minimum atomic E-state index is 0.0597. The van der Waals surface area contributed by atoms with Crippen molar-refractivity contribution in [2.24, 2.45) is 0 Å². The van der Waals surface area contributed by atoms with E-state index >= 15 is 0 Å². The zero-order valence-corrected chi connectivity index (χ0v) is 14.3. The third kappa shape index (κ3) is 4.76. The lowest BCUT2D eigenvalue weighted by Gasteiger charge is -2.26. The van der Waals surface area contributed by atoms with Gasteiger partial charge in [-0.1, -0.05) is 18.2 Å². The van der Waals surface area contributed by atoms with Crippen LogP contribution in [-0.4, -0.2) is 49.5 Å². The van der Waals surface area contributed by atoms with Crippen LogP contribution in [0, 0.1) is 0 Å². The maximum Gasteiger partial charge on any atom is 0.254 e. The van der Waals surface area contributed by atoms with Crippen LogP contribution in [0.3, 0.4) is 0 Å². The average Bonchev–Trinajstić information content (AvgIpc) is 2.67. The second-order valence-electron chi connectivity index (χ2n) is 5.44. The van der Waals surface area contributed by atoms with Gasteiger partial charge in [-0.15, -0.1) is 11.8 Å². The lowest BCUT2D eigenvalue weighted by Crippen LogP contribution is -2.40. The van der Waals surface area contributed by atoms with Crippen molar-refractivity contribution in [3.05, 3.63) is 60.2 Å². The van der Waals surface area contributed by atoms with Gasteiger partial charge < -0.3 is 14.4 Å². The number of hydrogen-bond donors (Lipinski definition) is 0. The number of morpholine rings is 1. The van der Waals surface area contributed by atoms with E-state index in [0.717, 1.165) is 11.5 Å². The molecule has 24 heavy (non-hydrogen) atoms. The van der Waals surface area contributed by atoms with Crippen molar-refractivity contribution in [3.8, 4) is 5.75 Å². The van der Waals surface area contributed by atoms with E-state index in [4.69, 9.17) is 9.47 Å². The molecule has 4 nitrogen and oxygen atoms in total. The van der Waals surface area contributed by atoms with Crippen molar-refractivity contribution in [2.45, 2.75) is 4.90 Å². The fourth-order valence-electron chi connectivity index (χ4n) is 2.48. The highest BCUT2D eigenvalue weighted by molar-refractivity contribution is 7.99. The molecule has 1 amide bonds. The zero-order chi connectivity index (χ0) is 16.6. The number of amides is 1. The second kappa shape index (κ2) is 8.76. The van der Waals surface area contributed by atoms with E-state index in [1.165, 1.54) is 4.90 Å². The van der Waals surface area contributed by atoms with Crippen LogP contribution < -0.4 is 4.74 Å². The molecule has 0 radical (unpaired) electrons. The van der Waals surface area contributed by atoms with Crippen LogP contribution in [0.4, 0.5) is 0 Å². The molecule has 1 aliphatic rings. The molecular weight excluding hydrogens is 322 g/mol. The summed E-state index contributed by atoms with van der Waals surface area (Å²) in [5.41, 5.74) is 0.697. The summed E-state index contributed by atoms with van der Waals surface area (Å²) in [7, 11) is 0. The standard InChI is InChI=1S/C19H21NO3S/c21-19(20-10-12-22-13-11-20)16-6-8-17(9-7-16)23-14-15-24-18-4-2-1-3-5-18/h1-9H,10-15H2. The number of nitrogens with zero attached hydrogens (tertiary/aromatic N) is 1. The zero-order valence-electron chi connectivity index (χ0n) is 13.5. The van der Waals surface area contributed by atoms with Crippen molar-refractivity contribution < 1.29 is 14.3 Å². The van der Waals surface area contributed by atoms with E-state index in [9.17, 15) is 4.79 Å². The van der Waals surface area contributed by atoms with E-state index in [1.54, 1.807) is 11.8 Å². The van der Waals surface area contributed by atoms with Crippen LogP contribution >= 0.6 is 11.8 Å². The summed E-state index contributed by atoms with van der Waals surface area (Å²) < 4.78 is 11.0. The van der Waals surface area contributed by atoms with Crippen LogP contribution in [0.2, 0.25) is 0 Å². The Morgan fingerprint density at radius 2 is 1.75 bits per heavy atom. The fraction of sp³-hybridized carbons (Fsp3) is 0.316. The molecule has 1 heterocycles. The van der Waals surface area contributed by atoms with E-state index in [2.05, 4.69) is 12.1 Å². The molecule has 0 bridgehead atoms. The molecule has 2 aromatic carbocycles. The fourth-order valence-corrected chi connectivity index (χ4v) is 3.23. The SMILES string of the molecule is O=C(c1ccc(OCCSc2ccccc2)cc1)N1CCOCC1. The number of ether oxygens (including phenoxy) is 2. The topological polar surface area (TPSA) is 38.8 Å². The van der Waals surface area contributed by atoms with Gasteiger partial charge in [0, 0.05) is 29.3 Å². The van der Waals surface area contributed by atoms with Crippen LogP contribution in [0.5, 0.6) is 5.75 Å². The molecule has 5 heteroatoms. The minimum absolute atomic E-state index is 0.0597. The molecule has 2 aromatic rings. The summed E-state index contributed by atoms with van der Waals surface area (Å²) in [6, 6.07) is 17.7. The van der Waals surface area contributed by atoms with E-state index < -0.39 is 0 Å². The molecule has 0 aliphatic carbocycles. The van der Waals surface area contributed by atoms with Crippen LogP contribution in [0.25, 0.3) is 0 Å². The van der Waals surface area contributed by atoms with Gasteiger partial charge in [0.15, 0.2) is 0 Å². The molecule has 0 spiro atoms. The summed E-state index contributed by atoms with van der Waals surface area (Å²) in [5, 5.41) is 0. The Morgan fingerprint density at radius 3 is 2.46 bits per heavy atom. The molecule has 0 saturated carbocycles. The molecule has 1 saturated heterocycles. The minimum Gasteiger partial charge on any atom is -0.493 e. The summed E-state index contributed by atoms with van der Waals surface area (Å²) in [6.07, 6.45) is 0. The Balaban J connectivity index is 1.45.